The van der Waals surface area contributed by atoms with Gasteiger partial charge in [0.15, 0.2) is 0 Å². The van der Waals surface area contributed by atoms with Crippen molar-refractivity contribution in [2.45, 2.75) is 19.3 Å². The summed E-state index contributed by atoms with van der Waals surface area (Å²) in [5.41, 5.74) is 1.50. The summed E-state index contributed by atoms with van der Waals surface area (Å²) in [5, 5.41) is 12.2. The van der Waals surface area contributed by atoms with Gasteiger partial charge in [0.05, 0.1) is 0 Å². The van der Waals surface area contributed by atoms with E-state index in [0.29, 0.717) is 17.2 Å². The summed E-state index contributed by atoms with van der Waals surface area (Å²) < 4.78 is 0. The molecule has 2 rings (SSSR count). The molecular weight excluding hydrogens is 190 g/mol. The molecule has 15 heavy (non-hydrogen) atoms. The molecule has 0 radical (unpaired) electrons. The first-order valence-corrected chi connectivity index (χ1v) is 5.24. The minimum absolute atomic E-state index is 0.105. The molecular formula is C12H15NO2. The first-order chi connectivity index (χ1) is 7.20. The first kappa shape index (κ1) is 10.0. The molecule has 0 saturated heterocycles. The number of hydrogen-bond donors (Lipinski definition) is 2. The van der Waals surface area contributed by atoms with Crippen molar-refractivity contribution in [2.75, 3.05) is 7.05 Å². The van der Waals surface area contributed by atoms with Gasteiger partial charge in [0.2, 0.25) is 0 Å². The van der Waals surface area contributed by atoms with E-state index in [-0.39, 0.29) is 5.91 Å². The summed E-state index contributed by atoms with van der Waals surface area (Å²) in [6, 6.07) is 5.03. The van der Waals surface area contributed by atoms with E-state index in [0.717, 1.165) is 12.0 Å². The van der Waals surface area contributed by atoms with Crippen LogP contribution in [0.5, 0.6) is 5.75 Å². The van der Waals surface area contributed by atoms with Gasteiger partial charge in [0, 0.05) is 12.6 Å². The van der Waals surface area contributed by atoms with Crippen LogP contribution in [-0.2, 0) is 6.42 Å². The number of carbonyl (C=O) groups excluding carboxylic acids is 1. The Balaban J connectivity index is 2.22. The number of phenolic OH excluding ortho intramolecular Hbond substituents is 1. The van der Waals surface area contributed by atoms with Gasteiger partial charge in [0.1, 0.15) is 5.75 Å². The van der Waals surface area contributed by atoms with E-state index in [4.69, 9.17) is 0 Å². The summed E-state index contributed by atoms with van der Waals surface area (Å²) in [4.78, 5) is 11.4. The Hall–Kier alpha value is -1.51. The van der Waals surface area contributed by atoms with Crippen LogP contribution in [0.2, 0.25) is 0 Å². The molecule has 2 N–H and O–H groups in total. The zero-order valence-electron chi connectivity index (χ0n) is 8.79. The van der Waals surface area contributed by atoms with Crippen LogP contribution in [0, 0.1) is 5.92 Å². The zero-order chi connectivity index (χ0) is 10.8. The molecule has 0 aromatic heterocycles. The fourth-order valence-corrected chi connectivity index (χ4v) is 1.67. The SMILES string of the molecule is CNC(=O)c1ccc(O)c(CC2CC2)c1. The molecule has 1 fully saturated rings. The maximum Gasteiger partial charge on any atom is 0.251 e. The molecule has 0 bridgehead atoms. The normalized spacial score (nSPS) is 15.0. The topological polar surface area (TPSA) is 49.3 Å². The molecule has 1 aliphatic rings. The Morgan fingerprint density at radius 1 is 1.53 bits per heavy atom. The molecule has 1 saturated carbocycles. The maximum absolute atomic E-state index is 11.4. The highest BCUT2D eigenvalue weighted by atomic mass is 16.3. The Kier molecular flexibility index (Phi) is 2.62. The Labute approximate surface area is 89.1 Å². The third-order valence-electron chi connectivity index (χ3n) is 2.77. The van der Waals surface area contributed by atoms with Crippen molar-refractivity contribution in [3.05, 3.63) is 29.3 Å². The number of phenols is 1. The van der Waals surface area contributed by atoms with E-state index in [2.05, 4.69) is 5.32 Å². The largest absolute Gasteiger partial charge is 0.508 e. The average Bonchev–Trinajstić information content (AvgIpc) is 3.04. The second-order valence-corrected chi connectivity index (χ2v) is 4.07. The molecule has 0 heterocycles. The molecule has 80 valence electrons. The molecule has 1 aromatic rings. The lowest BCUT2D eigenvalue weighted by molar-refractivity contribution is 0.0963. The second-order valence-electron chi connectivity index (χ2n) is 4.07. The zero-order valence-corrected chi connectivity index (χ0v) is 8.79. The molecule has 3 heteroatoms. The lowest BCUT2D eigenvalue weighted by atomic mass is 10.0. The molecule has 1 aliphatic carbocycles. The lowest BCUT2D eigenvalue weighted by Crippen LogP contribution is -2.17. The highest BCUT2D eigenvalue weighted by Gasteiger charge is 2.23. The number of amides is 1. The number of hydrogen-bond acceptors (Lipinski definition) is 2. The van der Waals surface area contributed by atoms with Crippen LogP contribution >= 0.6 is 0 Å². The van der Waals surface area contributed by atoms with E-state index < -0.39 is 0 Å². The fraction of sp³-hybridized carbons (Fsp3) is 0.417. The Morgan fingerprint density at radius 3 is 2.87 bits per heavy atom. The van der Waals surface area contributed by atoms with Gasteiger partial charge in [-0.1, -0.05) is 0 Å². The van der Waals surface area contributed by atoms with Crippen molar-refractivity contribution in [3.63, 3.8) is 0 Å². The second kappa shape index (κ2) is 3.93. The van der Waals surface area contributed by atoms with Crippen LogP contribution in [0.25, 0.3) is 0 Å². The van der Waals surface area contributed by atoms with Crippen molar-refractivity contribution in [1.29, 1.82) is 0 Å². The van der Waals surface area contributed by atoms with Crippen molar-refractivity contribution >= 4 is 5.91 Å². The van der Waals surface area contributed by atoms with Gasteiger partial charge in [-0.05, 0) is 48.9 Å². The Morgan fingerprint density at radius 2 is 2.27 bits per heavy atom. The lowest BCUT2D eigenvalue weighted by Gasteiger charge is -2.06. The van der Waals surface area contributed by atoms with Gasteiger partial charge < -0.3 is 10.4 Å². The van der Waals surface area contributed by atoms with E-state index in [1.807, 2.05) is 0 Å². The third-order valence-corrected chi connectivity index (χ3v) is 2.77. The van der Waals surface area contributed by atoms with Crippen molar-refractivity contribution in [2.24, 2.45) is 5.92 Å². The van der Waals surface area contributed by atoms with Gasteiger partial charge in [-0.25, -0.2) is 0 Å². The van der Waals surface area contributed by atoms with Crippen LogP contribution in [-0.4, -0.2) is 18.1 Å². The summed E-state index contributed by atoms with van der Waals surface area (Å²) in [6.07, 6.45) is 3.37. The highest BCUT2D eigenvalue weighted by molar-refractivity contribution is 5.94. The number of nitrogens with one attached hydrogen (secondary N) is 1. The van der Waals surface area contributed by atoms with Crippen LogP contribution < -0.4 is 5.32 Å². The van der Waals surface area contributed by atoms with E-state index in [1.54, 1.807) is 25.2 Å². The summed E-state index contributed by atoms with van der Waals surface area (Å²) in [6.45, 7) is 0. The van der Waals surface area contributed by atoms with Crippen molar-refractivity contribution in [1.82, 2.24) is 5.32 Å². The predicted octanol–water partition coefficient (Wildman–Crippen LogP) is 1.70. The summed E-state index contributed by atoms with van der Waals surface area (Å²) >= 11 is 0. The summed E-state index contributed by atoms with van der Waals surface area (Å²) in [7, 11) is 1.61. The first-order valence-electron chi connectivity index (χ1n) is 5.24. The van der Waals surface area contributed by atoms with Crippen LogP contribution in [0.1, 0.15) is 28.8 Å². The van der Waals surface area contributed by atoms with Gasteiger partial charge in [-0.3, -0.25) is 4.79 Å². The third kappa shape index (κ3) is 2.29. The molecule has 1 aromatic carbocycles. The van der Waals surface area contributed by atoms with E-state index in [1.165, 1.54) is 12.8 Å². The molecule has 0 aliphatic heterocycles. The fourth-order valence-electron chi connectivity index (χ4n) is 1.67. The molecule has 1 amide bonds. The average molecular weight is 205 g/mol. The number of benzene rings is 1. The van der Waals surface area contributed by atoms with E-state index in [9.17, 15) is 9.90 Å². The van der Waals surface area contributed by atoms with Crippen LogP contribution in [0.3, 0.4) is 0 Å². The standard InChI is InChI=1S/C12H15NO2/c1-13-12(15)9-4-5-11(14)10(7-9)6-8-2-3-8/h4-5,7-8,14H,2-3,6H2,1H3,(H,13,15). The highest BCUT2D eigenvalue weighted by Crippen LogP contribution is 2.35. The molecule has 3 nitrogen and oxygen atoms in total. The van der Waals surface area contributed by atoms with Crippen LogP contribution in [0.15, 0.2) is 18.2 Å². The number of aromatic hydroxyl groups is 1. The van der Waals surface area contributed by atoms with Crippen molar-refractivity contribution in [3.8, 4) is 5.75 Å². The molecule has 0 unspecified atom stereocenters. The number of rotatable bonds is 3. The molecule has 0 atom stereocenters. The van der Waals surface area contributed by atoms with E-state index >= 15 is 0 Å². The maximum atomic E-state index is 11.4. The Bertz CT molecular complexity index is 383. The van der Waals surface area contributed by atoms with Crippen LogP contribution in [0.4, 0.5) is 0 Å². The minimum Gasteiger partial charge on any atom is -0.508 e. The quantitative estimate of drug-likeness (QED) is 0.789. The number of carbonyl (C=O) groups is 1. The van der Waals surface area contributed by atoms with Gasteiger partial charge in [-0.15, -0.1) is 0 Å². The van der Waals surface area contributed by atoms with Gasteiger partial charge >= 0.3 is 0 Å². The van der Waals surface area contributed by atoms with Crippen molar-refractivity contribution < 1.29 is 9.90 Å². The molecule has 0 spiro atoms. The predicted molar refractivity (Wildman–Crippen MR) is 57.9 cm³/mol. The smallest absolute Gasteiger partial charge is 0.251 e. The van der Waals surface area contributed by atoms with Gasteiger partial charge in [-0.2, -0.15) is 0 Å². The van der Waals surface area contributed by atoms with Gasteiger partial charge in [0.25, 0.3) is 5.91 Å². The minimum atomic E-state index is -0.105. The summed E-state index contributed by atoms with van der Waals surface area (Å²) in [5.74, 6) is 0.900. The monoisotopic (exact) mass is 205 g/mol.